The van der Waals surface area contributed by atoms with Crippen molar-refractivity contribution in [2.45, 2.75) is 42.5 Å². The summed E-state index contributed by atoms with van der Waals surface area (Å²) < 4.78 is 42.4. The third kappa shape index (κ3) is 3.71. The van der Waals surface area contributed by atoms with Gasteiger partial charge in [-0.25, -0.2) is 0 Å². The number of hydrogen-bond donors (Lipinski definition) is 1. The molecule has 0 radical (unpaired) electrons. The zero-order valence-electron chi connectivity index (χ0n) is 17.2. The van der Waals surface area contributed by atoms with Gasteiger partial charge in [0, 0.05) is 17.7 Å². The lowest BCUT2D eigenvalue weighted by molar-refractivity contribution is -0.137. The Morgan fingerprint density at radius 3 is 2.72 bits per heavy atom. The summed E-state index contributed by atoms with van der Waals surface area (Å²) in [6.45, 7) is 2.01. The lowest BCUT2D eigenvalue weighted by Crippen LogP contribution is -2.39. The summed E-state index contributed by atoms with van der Waals surface area (Å²) in [5, 5.41) is 11.9. The SMILES string of the molecule is CCSc1sccc1[C@@H]1C(C#N)=C(N)N(c2ccccc2C(F)(F)F)C2=C1C(=O)CCC2. The molecule has 2 aliphatic rings. The number of nitrogens with zero attached hydrogens (tertiary/aromatic N) is 2. The normalized spacial score (nSPS) is 19.3. The molecule has 1 aromatic carbocycles. The van der Waals surface area contributed by atoms with Crippen LogP contribution in [0.3, 0.4) is 0 Å². The highest BCUT2D eigenvalue weighted by atomic mass is 32.2. The predicted molar refractivity (Wildman–Crippen MR) is 120 cm³/mol. The number of thiophene rings is 1. The van der Waals surface area contributed by atoms with Crippen molar-refractivity contribution in [2.24, 2.45) is 5.73 Å². The van der Waals surface area contributed by atoms with Crippen molar-refractivity contribution in [2.75, 3.05) is 10.7 Å². The number of alkyl halides is 3. The number of nitriles is 1. The Balaban J connectivity index is 2.00. The summed E-state index contributed by atoms with van der Waals surface area (Å²) in [6, 6.07) is 9.12. The molecule has 1 aliphatic carbocycles. The number of rotatable bonds is 4. The third-order valence-electron chi connectivity index (χ3n) is 5.61. The van der Waals surface area contributed by atoms with E-state index in [9.17, 15) is 23.2 Å². The number of halogens is 3. The van der Waals surface area contributed by atoms with E-state index >= 15 is 0 Å². The second-order valence-corrected chi connectivity index (χ2v) is 9.88. The first kappa shape index (κ1) is 22.5. The van der Waals surface area contributed by atoms with Gasteiger partial charge in [-0.15, -0.1) is 23.1 Å². The van der Waals surface area contributed by atoms with Gasteiger partial charge in [-0.1, -0.05) is 19.1 Å². The predicted octanol–water partition coefficient (Wildman–Crippen LogP) is 6.18. The molecule has 2 heterocycles. The number of Topliss-reactive ketones (excluding diaryl/α,β-unsaturated/α-hetero) is 1. The minimum atomic E-state index is -4.61. The Morgan fingerprint density at radius 1 is 1.28 bits per heavy atom. The minimum absolute atomic E-state index is 0.0544. The number of nitrogens with two attached hydrogens (primary N) is 1. The molecule has 9 heteroatoms. The van der Waals surface area contributed by atoms with Gasteiger partial charge in [-0.3, -0.25) is 9.69 Å². The van der Waals surface area contributed by atoms with Crippen molar-refractivity contribution in [3.05, 3.63) is 69.5 Å². The van der Waals surface area contributed by atoms with E-state index < -0.39 is 17.7 Å². The molecule has 1 atom stereocenters. The average molecular weight is 476 g/mol. The maximum absolute atomic E-state index is 13.8. The third-order valence-corrected chi connectivity index (χ3v) is 7.76. The molecule has 4 rings (SSSR count). The molecule has 32 heavy (non-hydrogen) atoms. The number of para-hydroxylation sites is 1. The molecule has 2 aromatic rings. The lowest BCUT2D eigenvalue weighted by Gasteiger charge is -2.40. The van der Waals surface area contributed by atoms with Crippen LogP contribution >= 0.6 is 23.1 Å². The number of hydrogen-bond acceptors (Lipinski definition) is 6. The Morgan fingerprint density at radius 2 is 2.03 bits per heavy atom. The highest BCUT2D eigenvalue weighted by molar-refractivity contribution is 8.01. The van der Waals surface area contributed by atoms with Crippen LogP contribution in [0.4, 0.5) is 18.9 Å². The fourth-order valence-corrected chi connectivity index (χ4v) is 6.42. The number of carbonyl (C=O) groups excluding carboxylic acids is 1. The maximum atomic E-state index is 13.8. The van der Waals surface area contributed by atoms with E-state index in [4.69, 9.17) is 5.73 Å². The van der Waals surface area contributed by atoms with Gasteiger partial charge in [-0.2, -0.15) is 18.4 Å². The molecule has 0 fully saturated rings. The summed E-state index contributed by atoms with van der Waals surface area (Å²) in [4.78, 5) is 14.4. The van der Waals surface area contributed by atoms with Gasteiger partial charge in [0.25, 0.3) is 0 Å². The van der Waals surface area contributed by atoms with Crippen molar-refractivity contribution >= 4 is 34.6 Å². The van der Waals surface area contributed by atoms with Crippen LogP contribution < -0.4 is 10.6 Å². The Bertz CT molecular complexity index is 1170. The molecule has 1 aromatic heterocycles. The fourth-order valence-electron chi connectivity index (χ4n) is 4.35. The molecule has 0 saturated heterocycles. The molecule has 0 amide bonds. The first-order valence-corrected chi connectivity index (χ1v) is 12.0. The summed E-state index contributed by atoms with van der Waals surface area (Å²) in [6.07, 6.45) is -3.39. The highest BCUT2D eigenvalue weighted by Gasteiger charge is 2.43. The molecular weight excluding hydrogens is 455 g/mol. The molecule has 2 N–H and O–H groups in total. The van der Waals surface area contributed by atoms with E-state index in [2.05, 4.69) is 6.07 Å². The second-order valence-electron chi connectivity index (χ2n) is 7.43. The van der Waals surface area contributed by atoms with Gasteiger partial charge in [0.15, 0.2) is 5.78 Å². The Labute approximate surface area is 192 Å². The van der Waals surface area contributed by atoms with Crippen LogP contribution in [0.2, 0.25) is 0 Å². The largest absolute Gasteiger partial charge is 0.418 e. The Kier molecular flexibility index (Phi) is 6.10. The van der Waals surface area contributed by atoms with Crippen molar-refractivity contribution in [3.8, 4) is 6.07 Å². The molecular formula is C23H20F3N3OS2. The van der Waals surface area contributed by atoms with Gasteiger partial charge in [-0.05, 0) is 47.7 Å². The quantitative estimate of drug-likeness (QED) is 0.535. The van der Waals surface area contributed by atoms with Crippen LogP contribution in [0.15, 0.2) is 62.6 Å². The van der Waals surface area contributed by atoms with Crippen LogP contribution in [-0.2, 0) is 11.0 Å². The van der Waals surface area contributed by atoms with Crippen LogP contribution in [0.25, 0.3) is 0 Å². The Hall–Kier alpha value is -2.70. The zero-order chi connectivity index (χ0) is 23.0. The topological polar surface area (TPSA) is 70.1 Å². The first-order valence-electron chi connectivity index (χ1n) is 10.1. The van der Waals surface area contributed by atoms with Gasteiger partial charge in [0.1, 0.15) is 5.82 Å². The van der Waals surface area contributed by atoms with Gasteiger partial charge in [0.05, 0.1) is 33.0 Å². The number of allylic oxidation sites excluding steroid dienone is 3. The second kappa shape index (κ2) is 8.68. The van der Waals surface area contributed by atoms with Crippen LogP contribution in [-0.4, -0.2) is 11.5 Å². The van der Waals surface area contributed by atoms with Crippen molar-refractivity contribution in [3.63, 3.8) is 0 Å². The van der Waals surface area contributed by atoms with E-state index in [0.717, 1.165) is 21.6 Å². The summed E-state index contributed by atoms with van der Waals surface area (Å²) in [5.41, 5.74) is 7.15. The standard InChI is InChI=1S/C23H20F3N3OS2/c1-2-31-22-13(10-11-32-22)19-14(12-27)21(28)29(17-8-5-9-18(30)20(17)19)16-7-4-3-6-15(16)23(24,25)26/h3-4,6-7,10-11,19H,2,5,8-9,28H2,1H3/t19-/m1/s1. The van der Waals surface area contributed by atoms with Gasteiger partial charge < -0.3 is 5.73 Å². The van der Waals surface area contributed by atoms with Crippen LogP contribution in [0.5, 0.6) is 0 Å². The average Bonchev–Trinajstić information content (AvgIpc) is 3.20. The molecule has 0 spiro atoms. The zero-order valence-corrected chi connectivity index (χ0v) is 18.8. The monoisotopic (exact) mass is 475 g/mol. The van der Waals surface area contributed by atoms with E-state index in [1.54, 1.807) is 11.8 Å². The molecule has 0 bridgehead atoms. The minimum Gasteiger partial charge on any atom is -0.384 e. The summed E-state index contributed by atoms with van der Waals surface area (Å²) in [7, 11) is 0. The molecule has 1 aliphatic heterocycles. The van der Waals surface area contributed by atoms with Gasteiger partial charge >= 0.3 is 6.18 Å². The number of carbonyl (C=O) groups is 1. The van der Waals surface area contributed by atoms with Crippen LogP contribution in [0, 0.1) is 11.3 Å². The number of ketones is 1. The maximum Gasteiger partial charge on any atom is 0.418 e. The number of benzene rings is 1. The summed E-state index contributed by atoms with van der Waals surface area (Å²) in [5.74, 6) is -0.0602. The summed E-state index contributed by atoms with van der Waals surface area (Å²) >= 11 is 3.13. The van der Waals surface area contributed by atoms with Crippen molar-refractivity contribution in [1.82, 2.24) is 0 Å². The van der Waals surface area contributed by atoms with Crippen LogP contribution in [0.1, 0.15) is 43.2 Å². The lowest BCUT2D eigenvalue weighted by atomic mass is 9.76. The van der Waals surface area contributed by atoms with E-state index in [1.165, 1.54) is 34.4 Å². The van der Waals surface area contributed by atoms with Crippen molar-refractivity contribution < 1.29 is 18.0 Å². The number of thioether (sulfide) groups is 1. The molecule has 166 valence electrons. The van der Waals surface area contributed by atoms with E-state index in [-0.39, 0.29) is 22.9 Å². The highest BCUT2D eigenvalue weighted by Crippen LogP contribution is 2.50. The fraction of sp³-hybridized carbons (Fsp3) is 0.304. The number of anilines is 1. The smallest absolute Gasteiger partial charge is 0.384 e. The van der Waals surface area contributed by atoms with Gasteiger partial charge in [0.2, 0.25) is 0 Å². The molecule has 0 unspecified atom stereocenters. The van der Waals surface area contributed by atoms with Crippen molar-refractivity contribution in [1.29, 1.82) is 5.26 Å². The first-order chi connectivity index (χ1) is 15.3. The molecule has 4 nitrogen and oxygen atoms in total. The van der Waals surface area contributed by atoms with E-state index in [0.29, 0.717) is 30.5 Å². The van der Waals surface area contributed by atoms with E-state index in [1.807, 2.05) is 18.4 Å². The molecule has 0 saturated carbocycles.